The van der Waals surface area contributed by atoms with E-state index in [1.54, 1.807) is 0 Å². The molecule has 4 heteroatoms. The van der Waals surface area contributed by atoms with Crippen molar-refractivity contribution in [2.45, 2.75) is 33.1 Å². The molecular formula is C14H22N2O2. The van der Waals surface area contributed by atoms with Crippen LogP contribution in [0.3, 0.4) is 0 Å². The largest absolute Gasteiger partial charge is 0.494 e. The van der Waals surface area contributed by atoms with E-state index < -0.39 is 0 Å². The molecule has 0 unspecified atom stereocenters. The van der Waals surface area contributed by atoms with Crippen molar-refractivity contribution in [1.82, 2.24) is 5.32 Å². The van der Waals surface area contributed by atoms with E-state index in [0.29, 0.717) is 13.2 Å². The van der Waals surface area contributed by atoms with Crippen LogP contribution in [0.4, 0.5) is 10.5 Å². The summed E-state index contributed by atoms with van der Waals surface area (Å²) in [5, 5.41) is 5.59. The summed E-state index contributed by atoms with van der Waals surface area (Å²) in [5.74, 6) is 0.781. The fraction of sp³-hybridized carbons (Fsp3) is 0.500. The number of benzene rings is 1. The van der Waals surface area contributed by atoms with Gasteiger partial charge in [0.25, 0.3) is 0 Å². The van der Waals surface area contributed by atoms with Crippen LogP contribution in [0.2, 0.25) is 0 Å². The van der Waals surface area contributed by atoms with Gasteiger partial charge in [0.05, 0.1) is 6.61 Å². The molecule has 0 saturated carbocycles. The first-order valence-electron chi connectivity index (χ1n) is 6.54. The Morgan fingerprint density at radius 1 is 1.28 bits per heavy atom. The van der Waals surface area contributed by atoms with Crippen LogP contribution in [-0.2, 0) is 0 Å². The van der Waals surface area contributed by atoms with Gasteiger partial charge in [-0.05, 0) is 25.0 Å². The molecule has 0 aliphatic carbocycles. The van der Waals surface area contributed by atoms with Gasteiger partial charge >= 0.3 is 6.03 Å². The third-order valence-corrected chi connectivity index (χ3v) is 2.38. The number of anilines is 1. The smallest absolute Gasteiger partial charge is 0.319 e. The third-order valence-electron chi connectivity index (χ3n) is 2.38. The molecule has 0 heterocycles. The van der Waals surface area contributed by atoms with Crippen LogP contribution in [0.25, 0.3) is 0 Å². The maximum Gasteiger partial charge on any atom is 0.319 e. The number of unbranched alkanes of at least 4 members (excludes halogenated alkanes) is 1. The van der Waals surface area contributed by atoms with Crippen LogP contribution in [0.1, 0.15) is 33.1 Å². The van der Waals surface area contributed by atoms with Crippen molar-refractivity contribution in [2.24, 2.45) is 0 Å². The molecule has 0 radical (unpaired) electrons. The number of carbonyl (C=O) groups excluding carboxylic acids is 1. The molecule has 0 spiro atoms. The van der Waals surface area contributed by atoms with E-state index in [9.17, 15) is 4.79 Å². The average molecular weight is 250 g/mol. The van der Waals surface area contributed by atoms with Gasteiger partial charge in [-0.1, -0.05) is 26.3 Å². The minimum atomic E-state index is -0.170. The van der Waals surface area contributed by atoms with Crippen molar-refractivity contribution in [1.29, 1.82) is 0 Å². The van der Waals surface area contributed by atoms with E-state index in [2.05, 4.69) is 24.5 Å². The van der Waals surface area contributed by atoms with Gasteiger partial charge in [-0.3, -0.25) is 0 Å². The number of amides is 2. The highest BCUT2D eigenvalue weighted by atomic mass is 16.5. The second kappa shape index (κ2) is 8.39. The maximum absolute atomic E-state index is 11.5. The fourth-order valence-electron chi connectivity index (χ4n) is 1.44. The predicted octanol–water partition coefficient (Wildman–Crippen LogP) is 3.40. The fourth-order valence-corrected chi connectivity index (χ4v) is 1.44. The quantitative estimate of drug-likeness (QED) is 0.729. The molecular weight excluding hydrogens is 228 g/mol. The molecule has 1 rings (SSSR count). The summed E-state index contributed by atoms with van der Waals surface area (Å²) in [7, 11) is 0. The van der Waals surface area contributed by atoms with E-state index in [0.717, 1.165) is 30.7 Å². The van der Waals surface area contributed by atoms with Crippen molar-refractivity contribution in [3.05, 3.63) is 24.3 Å². The van der Waals surface area contributed by atoms with Gasteiger partial charge in [0.1, 0.15) is 5.75 Å². The van der Waals surface area contributed by atoms with Gasteiger partial charge in [-0.2, -0.15) is 0 Å². The molecule has 4 nitrogen and oxygen atoms in total. The highest BCUT2D eigenvalue weighted by Crippen LogP contribution is 2.17. The Morgan fingerprint density at radius 3 is 2.83 bits per heavy atom. The standard InChI is InChI=1S/C14H22N2O2/c1-3-5-9-15-14(17)16-12-7-6-8-13(11-12)18-10-4-2/h6-8,11H,3-5,9-10H2,1-2H3,(H2,15,16,17). The Labute approximate surface area is 109 Å². The molecule has 0 atom stereocenters. The Balaban J connectivity index is 2.43. The average Bonchev–Trinajstić information content (AvgIpc) is 2.37. The van der Waals surface area contributed by atoms with Crippen molar-refractivity contribution in [3.8, 4) is 5.75 Å². The van der Waals surface area contributed by atoms with Gasteiger partial charge in [0.2, 0.25) is 0 Å². The lowest BCUT2D eigenvalue weighted by Crippen LogP contribution is -2.29. The second-order valence-corrected chi connectivity index (χ2v) is 4.11. The van der Waals surface area contributed by atoms with Crippen molar-refractivity contribution >= 4 is 11.7 Å². The number of hydrogen-bond donors (Lipinski definition) is 2. The normalized spacial score (nSPS) is 9.89. The highest BCUT2D eigenvalue weighted by Gasteiger charge is 2.01. The van der Waals surface area contributed by atoms with Crippen LogP contribution >= 0.6 is 0 Å². The maximum atomic E-state index is 11.5. The molecule has 0 fully saturated rings. The SMILES string of the molecule is CCCCNC(=O)Nc1cccc(OCCC)c1. The highest BCUT2D eigenvalue weighted by molar-refractivity contribution is 5.89. The zero-order valence-electron chi connectivity index (χ0n) is 11.2. The molecule has 0 aliphatic heterocycles. The van der Waals surface area contributed by atoms with Crippen molar-refractivity contribution < 1.29 is 9.53 Å². The number of carbonyl (C=O) groups is 1. The summed E-state index contributed by atoms with van der Waals surface area (Å²) < 4.78 is 5.50. The first kappa shape index (κ1) is 14.4. The molecule has 0 saturated heterocycles. The van der Waals surface area contributed by atoms with E-state index in [-0.39, 0.29) is 6.03 Å². The minimum Gasteiger partial charge on any atom is -0.494 e. The number of ether oxygens (including phenoxy) is 1. The number of nitrogens with one attached hydrogen (secondary N) is 2. The first-order valence-corrected chi connectivity index (χ1v) is 6.54. The van der Waals surface area contributed by atoms with E-state index in [4.69, 9.17) is 4.74 Å². The Kier molecular flexibility index (Phi) is 6.69. The van der Waals surface area contributed by atoms with Crippen LogP contribution < -0.4 is 15.4 Å². The van der Waals surface area contributed by atoms with Gasteiger partial charge in [0.15, 0.2) is 0 Å². The number of rotatable bonds is 7. The monoisotopic (exact) mass is 250 g/mol. The van der Waals surface area contributed by atoms with Crippen LogP contribution in [0.15, 0.2) is 24.3 Å². The van der Waals surface area contributed by atoms with Gasteiger partial charge in [-0.25, -0.2) is 4.79 Å². The van der Waals surface area contributed by atoms with Gasteiger partial charge in [0, 0.05) is 18.3 Å². The molecule has 0 aromatic heterocycles. The summed E-state index contributed by atoms with van der Waals surface area (Å²) in [6, 6.07) is 7.26. The van der Waals surface area contributed by atoms with E-state index in [1.807, 2.05) is 24.3 Å². The molecule has 18 heavy (non-hydrogen) atoms. The molecule has 2 N–H and O–H groups in total. The Bertz CT molecular complexity index is 367. The van der Waals surface area contributed by atoms with E-state index in [1.165, 1.54) is 0 Å². The Hall–Kier alpha value is -1.71. The van der Waals surface area contributed by atoms with Gasteiger partial charge < -0.3 is 15.4 Å². The lowest BCUT2D eigenvalue weighted by Gasteiger charge is -2.09. The summed E-state index contributed by atoms with van der Waals surface area (Å²) in [5.41, 5.74) is 0.748. The molecule has 1 aromatic rings. The Morgan fingerprint density at radius 2 is 2.11 bits per heavy atom. The van der Waals surface area contributed by atoms with Crippen LogP contribution in [0.5, 0.6) is 5.75 Å². The summed E-state index contributed by atoms with van der Waals surface area (Å²) in [6.45, 7) is 5.54. The predicted molar refractivity (Wildman–Crippen MR) is 74.2 cm³/mol. The zero-order chi connectivity index (χ0) is 13.2. The molecule has 2 amide bonds. The summed E-state index contributed by atoms with van der Waals surface area (Å²) in [4.78, 5) is 11.5. The minimum absolute atomic E-state index is 0.170. The summed E-state index contributed by atoms with van der Waals surface area (Å²) in [6.07, 6.45) is 3.03. The van der Waals surface area contributed by atoms with Crippen molar-refractivity contribution in [2.75, 3.05) is 18.5 Å². The van der Waals surface area contributed by atoms with E-state index >= 15 is 0 Å². The zero-order valence-corrected chi connectivity index (χ0v) is 11.2. The molecule has 100 valence electrons. The number of hydrogen-bond acceptors (Lipinski definition) is 2. The first-order chi connectivity index (χ1) is 8.76. The molecule has 0 bridgehead atoms. The van der Waals surface area contributed by atoms with Crippen LogP contribution in [-0.4, -0.2) is 19.2 Å². The topological polar surface area (TPSA) is 50.4 Å². The van der Waals surface area contributed by atoms with Crippen molar-refractivity contribution in [3.63, 3.8) is 0 Å². The lowest BCUT2D eigenvalue weighted by atomic mass is 10.3. The van der Waals surface area contributed by atoms with Crippen LogP contribution in [0, 0.1) is 0 Å². The number of urea groups is 1. The van der Waals surface area contributed by atoms with Gasteiger partial charge in [-0.15, -0.1) is 0 Å². The third kappa shape index (κ3) is 5.57. The molecule has 1 aromatic carbocycles. The molecule has 0 aliphatic rings. The summed E-state index contributed by atoms with van der Waals surface area (Å²) >= 11 is 0. The second-order valence-electron chi connectivity index (χ2n) is 4.11. The lowest BCUT2D eigenvalue weighted by molar-refractivity contribution is 0.252.